The highest BCUT2D eigenvalue weighted by Gasteiger charge is 2.42. The fourth-order valence-corrected chi connectivity index (χ4v) is 4.02. The summed E-state index contributed by atoms with van der Waals surface area (Å²) in [6, 6.07) is 8.30. The molecule has 4 amide bonds. The molecule has 2 aromatic carbocycles. The lowest BCUT2D eigenvalue weighted by Gasteiger charge is -2.29. The lowest BCUT2D eigenvalue weighted by molar-refractivity contribution is -0.147. The molecule has 2 radical (unpaired) electrons. The van der Waals surface area contributed by atoms with Crippen LogP contribution in [0.15, 0.2) is 42.5 Å². The predicted molar refractivity (Wildman–Crippen MR) is 114 cm³/mol. The van der Waals surface area contributed by atoms with Crippen molar-refractivity contribution >= 4 is 43.1 Å². The normalized spacial score (nSPS) is 19.2. The van der Waals surface area contributed by atoms with Gasteiger partial charge in [-0.1, -0.05) is 35.9 Å². The summed E-state index contributed by atoms with van der Waals surface area (Å²) >= 11 is 5.71. The van der Waals surface area contributed by atoms with Crippen LogP contribution in [0.2, 0.25) is 5.02 Å². The number of halogens is 3. The summed E-state index contributed by atoms with van der Waals surface area (Å²) in [5.74, 6) is -7.99. The Morgan fingerprint density at radius 3 is 2.55 bits per heavy atom. The van der Waals surface area contributed by atoms with E-state index in [9.17, 15) is 28.0 Å². The van der Waals surface area contributed by atoms with Crippen LogP contribution in [0.1, 0.15) is 45.8 Å². The first kappa shape index (κ1) is 22.9. The molecule has 0 saturated carbocycles. The van der Waals surface area contributed by atoms with Crippen molar-refractivity contribution in [2.24, 2.45) is 0 Å². The van der Waals surface area contributed by atoms with Gasteiger partial charge >= 0.3 is 5.92 Å². The Hall–Kier alpha value is -3.27. The van der Waals surface area contributed by atoms with Gasteiger partial charge in [0.15, 0.2) is 0 Å². The number of hydrogen-bond acceptors (Lipinski definition) is 4. The van der Waals surface area contributed by atoms with Crippen LogP contribution in [-0.4, -0.2) is 42.4 Å². The standard InChI is InChI=1S/C22H17BClF2N3O4/c23-18(28-21(33)22(25,26)13-2-4-14(24)5-3-13)11-1-6-15-12(9-11)10-29(20(15)32)16-7-8-17(30)27-19(16)31/h1-6,9,16,18H,7-8,10H2,(H,28,33)(H,27,30,31). The maximum atomic E-state index is 14.5. The number of rotatable bonds is 5. The van der Waals surface area contributed by atoms with E-state index in [4.69, 9.17) is 19.4 Å². The number of benzene rings is 2. The van der Waals surface area contributed by atoms with Crippen molar-refractivity contribution in [3.63, 3.8) is 0 Å². The predicted octanol–water partition coefficient (Wildman–Crippen LogP) is 2.18. The Labute approximate surface area is 193 Å². The first-order chi connectivity index (χ1) is 15.6. The highest BCUT2D eigenvalue weighted by atomic mass is 35.5. The molecule has 0 aromatic heterocycles. The van der Waals surface area contributed by atoms with Crippen molar-refractivity contribution in [1.29, 1.82) is 0 Å². The molecule has 2 aliphatic rings. The number of fused-ring (bicyclic) bond motifs is 1. The van der Waals surface area contributed by atoms with Crippen LogP contribution in [0, 0.1) is 0 Å². The summed E-state index contributed by atoms with van der Waals surface area (Å²) in [6.45, 7) is 0.0931. The number of piperidine rings is 1. The highest BCUT2D eigenvalue weighted by molar-refractivity contribution is 6.30. The average Bonchev–Trinajstić information content (AvgIpc) is 3.09. The van der Waals surface area contributed by atoms with Gasteiger partial charge in [-0.2, -0.15) is 8.78 Å². The number of nitrogens with zero attached hydrogens (tertiary/aromatic N) is 1. The Morgan fingerprint density at radius 1 is 1.18 bits per heavy atom. The first-order valence-electron chi connectivity index (χ1n) is 10.1. The van der Waals surface area contributed by atoms with E-state index in [0.29, 0.717) is 16.7 Å². The Balaban J connectivity index is 1.48. The molecule has 1 fully saturated rings. The molecular weight excluding hydrogens is 455 g/mol. The molecule has 1 saturated heterocycles. The molecule has 2 aliphatic heterocycles. The van der Waals surface area contributed by atoms with Crippen molar-refractivity contribution in [2.45, 2.75) is 37.3 Å². The molecule has 168 valence electrons. The van der Waals surface area contributed by atoms with Crippen LogP contribution < -0.4 is 10.6 Å². The van der Waals surface area contributed by atoms with Gasteiger partial charge in [0.05, 0.1) is 0 Å². The molecule has 7 nitrogen and oxygen atoms in total. The summed E-state index contributed by atoms with van der Waals surface area (Å²) in [5.41, 5.74) is 0.660. The third-order valence-corrected chi connectivity index (χ3v) is 5.94. The molecule has 2 N–H and O–H groups in total. The van der Waals surface area contributed by atoms with Gasteiger partial charge in [0.1, 0.15) is 13.9 Å². The molecular formula is C22H17BClF2N3O4. The van der Waals surface area contributed by atoms with Crippen LogP contribution in [0.4, 0.5) is 8.78 Å². The van der Waals surface area contributed by atoms with E-state index in [1.54, 1.807) is 0 Å². The average molecular weight is 472 g/mol. The third-order valence-electron chi connectivity index (χ3n) is 5.69. The summed E-state index contributed by atoms with van der Waals surface area (Å²) in [5, 5.41) is 4.57. The van der Waals surface area contributed by atoms with E-state index in [-0.39, 0.29) is 36.2 Å². The number of nitrogens with one attached hydrogen (secondary N) is 2. The van der Waals surface area contributed by atoms with Gasteiger partial charge in [-0.25, -0.2) is 0 Å². The van der Waals surface area contributed by atoms with E-state index in [2.05, 4.69) is 10.6 Å². The zero-order valence-corrected chi connectivity index (χ0v) is 17.9. The maximum Gasteiger partial charge on any atom is 0.349 e. The van der Waals surface area contributed by atoms with Gasteiger partial charge in [-0.05, 0) is 35.7 Å². The fraction of sp³-hybridized carbons (Fsp3) is 0.273. The van der Waals surface area contributed by atoms with Crippen molar-refractivity contribution in [1.82, 2.24) is 15.5 Å². The van der Waals surface area contributed by atoms with Crippen LogP contribution >= 0.6 is 11.6 Å². The van der Waals surface area contributed by atoms with Crippen molar-refractivity contribution in [2.75, 3.05) is 0 Å². The summed E-state index contributed by atoms with van der Waals surface area (Å²) < 4.78 is 29.1. The molecule has 0 aliphatic carbocycles. The summed E-state index contributed by atoms with van der Waals surface area (Å²) in [6.07, 6.45) is 0.340. The Bertz CT molecular complexity index is 1160. The molecule has 11 heteroatoms. The van der Waals surface area contributed by atoms with E-state index >= 15 is 0 Å². The van der Waals surface area contributed by atoms with E-state index in [0.717, 1.165) is 12.1 Å². The molecule has 2 atom stereocenters. The quantitative estimate of drug-likeness (QED) is 0.516. The number of carbonyl (C=O) groups is 4. The van der Waals surface area contributed by atoms with Gasteiger partial charge in [-0.15, -0.1) is 0 Å². The fourth-order valence-electron chi connectivity index (χ4n) is 3.89. The smallest absolute Gasteiger partial charge is 0.349 e. The Kier molecular flexibility index (Phi) is 5.96. The minimum atomic E-state index is -3.84. The van der Waals surface area contributed by atoms with E-state index in [1.807, 2.05) is 0 Å². The zero-order chi connectivity index (χ0) is 23.9. The maximum absolute atomic E-state index is 14.5. The topological polar surface area (TPSA) is 95.6 Å². The minimum Gasteiger partial charge on any atom is -0.352 e. The van der Waals surface area contributed by atoms with Gasteiger partial charge in [-0.3, -0.25) is 24.5 Å². The number of alkyl halides is 2. The Morgan fingerprint density at radius 2 is 1.88 bits per heavy atom. The first-order valence-corrected chi connectivity index (χ1v) is 10.4. The molecule has 4 rings (SSSR count). The van der Waals surface area contributed by atoms with Gasteiger partial charge in [0.2, 0.25) is 11.8 Å². The molecule has 2 unspecified atom stereocenters. The number of amides is 4. The summed E-state index contributed by atoms with van der Waals surface area (Å²) in [4.78, 5) is 49.9. The molecule has 2 aromatic rings. The molecule has 0 bridgehead atoms. The van der Waals surface area contributed by atoms with Crippen molar-refractivity contribution in [3.8, 4) is 0 Å². The van der Waals surface area contributed by atoms with Crippen LogP contribution in [0.3, 0.4) is 0 Å². The third kappa shape index (κ3) is 4.35. The number of carbonyl (C=O) groups excluding carboxylic acids is 4. The van der Waals surface area contributed by atoms with Crippen LogP contribution in [-0.2, 0) is 26.9 Å². The van der Waals surface area contributed by atoms with E-state index in [1.165, 1.54) is 35.2 Å². The monoisotopic (exact) mass is 471 g/mol. The van der Waals surface area contributed by atoms with Gasteiger partial charge < -0.3 is 10.2 Å². The zero-order valence-electron chi connectivity index (χ0n) is 17.1. The molecule has 0 spiro atoms. The lowest BCUT2D eigenvalue weighted by Crippen LogP contribution is -2.52. The van der Waals surface area contributed by atoms with Gasteiger partial charge in [0.25, 0.3) is 11.8 Å². The second kappa shape index (κ2) is 8.59. The lowest BCUT2D eigenvalue weighted by atomic mass is 9.87. The van der Waals surface area contributed by atoms with Gasteiger partial charge in [0, 0.05) is 35.1 Å². The molecule has 2 heterocycles. The van der Waals surface area contributed by atoms with Crippen LogP contribution in [0.5, 0.6) is 0 Å². The largest absolute Gasteiger partial charge is 0.352 e. The SMILES string of the molecule is [B]C(NC(=O)C(F)(F)c1ccc(Cl)cc1)c1ccc2c(c1)CN(C1CCC(=O)NC1=O)C2=O. The van der Waals surface area contributed by atoms with E-state index < -0.39 is 35.3 Å². The van der Waals surface area contributed by atoms with Crippen LogP contribution in [0.25, 0.3) is 0 Å². The molecule has 33 heavy (non-hydrogen) atoms. The number of hydrogen-bond donors (Lipinski definition) is 2. The number of imide groups is 1. The second-order valence-corrected chi connectivity index (χ2v) is 8.29. The van der Waals surface area contributed by atoms with Crippen molar-refractivity contribution in [3.05, 3.63) is 69.7 Å². The summed E-state index contributed by atoms with van der Waals surface area (Å²) in [7, 11) is 5.95. The second-order valence-electron chi connectivity index (χ2n) is 7.85. The minimum absolute atomic E-state index is 0.0931. The highest BCUT2D eigenvalue weighted by Crippen LogP contribution is 2.32. The van der Waals surface area contributed by atoms with Crippen molar-refractivity contribution < 1.29 is 28.0 Å².